The molecule has 0 radical (unpaired) electrons. The summed E-state index contributed by atoms with van der Waals surface area (Å²) in [6.45, 7) is 11.8. The summed E-state index contributed by atoms with van der Waals surface area (Å²) in [5, 5.41) is 2.26. The number of amidine groups is 1. The monoisotopic (exact) mass is 795 g/mol. The molecule has 0 N–H and O–H groups in total. The maximum absolute atomic E-state index is 6.13. The van der Waals surface area contributed by atoms with Crippen LogP contribution in [0.2, 0.25) is 0 Å². The fraction of sp³-hybridized carbons (Fsp3) is 0.195. The zero-order chi connectivity index (χ0) is 31.8. The van der Waals surface area contributed by atoms with E-state index >= 15 is 0 Å². The summed E-state index contributed by atoms with van der Waals surface area (Å²) in [7, 11) is 2.05. The largest absolute Gasteiger partial charge is 3.00 e. The Morgan fingerprint density at radius 3 is 2.19 bits per heavy atom. The molecule has 0 atom stereocenters. The van der Waals surface area contributed by atoms with Gasteiger partial charge in [-0.1, -0.05) is 92.9 Å². The summed E-state index contributed by atoms with van der Waals surface area (Å²) in [6.07, 6.45) is 2.18. The number of hydrogen-bond donors (Lipinski definition) is 0. The second-order valence-corrected chi connectivity index (χ2v) is 12.3. The van der Waals surface area contributed by atoms with Gasteiger partial charge in [-0.25, -0.2) is 4.58 Å². The smallest absolute Gasteiger partial charge is 0.514 e. The van der Waals surface area contributed by atoms with Crippen molar-refractivity contribution in [3.05, 3.63) is 139 Å². The van der Waals surface area contributed by atoms with E-state index in [1.165, 1.54) is 22.5 Å². The molecule has 3 heterocycles. The van der Waals surface area contributed by atoms with Gasteiger partial charge in [-0.3, -0.25) is 0 Å². The summed E-state index contributed by atoms with van der Waals surface area (Å²) in [6, 6.07) is 41.9. The molecule has 0 fully saturated rings. The van der Waals surface area contributed by atoms with E-state index in [9.17, 15) is 0 Å². The van der Waals surface area contributed by atoms with Crippen LogP contribution in [-0.4, -0.2) is 30.2 Å². The van der Waals surface area contributed by atoms with E-state index in [2.05, 4.69) is 135 Å². The maximum atomic E-state index is 6.13. The van der Waals surface area contributed by atoms with Crippen molar-refractivity contribution < 1.29 is 29.1 Å². The van der Waals surface area contributed by atoms with Crippen LogP contribution in [0.3, 0.4) is 0 Å². The molecule has 0 saturated heterocycles. The van der Waals surface area contributed by atoms with Gasteiger partial charge in [0.15, 0.2) is 6.54 Å². The SMILES string of the molecule is CC(C)c1cccc(C(C)C)c1[N+]1=CCN=C1c1[c-]cccc1.CN1[CH-]N(c2[c-]ccc3c2oc2ccccc23)c2ccccc21.[Ir+3]. The molecule has 0 saturated carbocycles. The van der Waals surface area contributed by atoms with E-state index in [1.807, 2.05) is 42.5 Å². The van der Waals surface area contributed by atoms with Crippen LogP contribution < -0.4 is 9.80 Å². The zero-order valence-electron chi connectivity index (χ0n) is 27.4. The molecule has 0 unspecified atom stereocenters. The number of aliphatic imine (C=N–C) groups is 1. The van der Waals surface area contributed by atoms with Crippen molar-refractivity contribution in [1.29, 1.82) is 0 Å². The van der Waals surface area contributed by atoms with Crippen LogP contribution in [-0.2, 0) is 20.1 Å². The minimum atomic E-state index is 0. The fourth-order valence-electron chi connectivity index (χ4n) is 6.40. The van der Waals surface area contributed by atoms with E-state index < -0.39 is 0 Å². The van der Waals surface area contributed by atoms with Crippen LogP contribution in [0, 0.1) is 18.8 Å². The third kappa shape index (κ3) is 6.04. The molecular formula is C41H38IrN4O+. The van der Waals surface area contributed by atoms with Crippen molar-refractivity contribution in [2.24, 2.45) is 4.99 Å². The second-order valence-electron chi connectivity index (χ2n) is 12.3. The summed E-state index contributed by atoms with van der Waals surface area (Å²) < 4.78 is 8.41. The predicted molar refractivity (Wildman–Crippen MR) is 191 cm³/mol. The summed E-state index contributed by atoms with van der Waals surface area (Å²) >= 11 is 0. The first-order valence-corrected chi connectivity index (χ1v) is 16.0. The van der Waals surface area contributed by atoms with Gasteiger partial charge in [0.25, 0.3) is 0 Å². The van der Waals surface area contributed by atoms with Crippen LogP contribution in [0.15, 0.2) is 113 Å². The van der Waals surface area contributed by atoms with Gasteiger partial charge in [0.1, 0.15) is 17.5 Å². The van der Waals surface area contributed by atoms with Gasteiger partial charge in [0, 0.05) is 33.5 Å². The fourth-order valence-corrected chi connectivity index (χ4v) is 6.40. The summed E-state index contributed by atoms with van der Waals surface area (Å²) in [5.74, 6) is 1.94. The Morgan fingerprint density at radius 1 is 0.766 bits per heavy atom. The minimum absolute atomic E-state index is 0. The second kappa shape index (κ2) is 13.7. The third-order valence-electron chi connectivity index (χ3n) is 8.64. The Balaban J connectivity index is 0.000000161. The molecule has 8 rings (SSSR count). The molecule has 1 aromatic heterocycles. The normalized spacial score (nSPS) is 13.9. The van der Waals surface area contributed by atoms with Crippen molar-refractivity contribution in [3.8, 4) is 0 Å². The first-order valence-electron chi connectivity index (χ1n) is 16.0. The number of nitrogens with zero attached hydrogens (tertiary/aromatic N) is 4. The molecule has 2 aliphatic rings. The van der Waals surface area contributed by atoms with E-state index in [4.69, 9.17) is 9.41 Å². The van der Waals surface area contributed by atoms with Crippen molar-refractivity contribution in [2.75, 3.05) is 23.4 Å². The molecule has 236 valence electrons. The number of fused-ring (bicyclic) bond motifs is 4. The number of para-hydroxylation sites is 4. The van der Waals surface area contributed by atoms with Gasteiger partial charge in [-0.2, -0.15) is 24.9 Å². The Kier molecular flexibility index (Phi) is 9.45. The first-order chi connectivity index (χ1) is 22.4. The number of furan rings is 1. The number of hydrogen-bond acceptors (Lipinski definition) is 4. The van der Waals surface area contributed by atoms with Crippen LogP contribution in [0.4, 0.5) is 22.7 Å². The quantitative estimate of drug-likeness (QED) is 0.129. The van der Waals surface area contributed by atoms with Gasteiger partial charge in [0.2, 0.25) is 5.84 Å². The molecule has 2 aliphatic heterocycles. The predicted octanol–water partition coefficient (Wildman–Crippen LogP) is 10.00. The molecule has 0 aliphatic carbocycles. The minimum Gasteiger partial charge on any atom is -0.514 e. The standard InChI is InChI=1S/C21H24N2.C20H14N2O.Ir/c1-15(2)18-11-8-12-19(16(3)4)20(18)23-14-13-22-21(23)17-9-6-5-7-10-17;1-21-13-22(17-10-4-3-9-16(17)21)18-11-6-8-15-14-7-2-5-12-19(14)23-20(15)18;/h5-9,11-12,14-16H,13H2,1-4H3;2-10,12-13H,1H3;/q;-2;+3. The van der Waals surface area contributed by atoms with Gasteiger partial charge >= 0.3 is 20.1 Å². The van der Waals surface area contributed by atoms with E-state index in [0.29, 0.717) is 11.8 Å². The Hall–Kier alpha value is -4.51. The average molecular weight is 795 g/mol. The maximum Gasteiger partial charge on any atom is 3.00 e. The summed E-state index contributed by atoms with van der Waals surface area (Å²) in [5.41, 5.74) is 10.1. The van der Waals surface area contributed by atoms with Crippen molar-refractivity contribution in [3.63, 3.8) is 0 Å². The van der Waals surface area contributed by atoms with Crippen molar-refractivity contribution in [1.82, 2.24) is 0 Å². The van der Waals surface area contributed by atoms with Crippen LogP contribution in [0.5, 0.6) is 0 Å². The number of anilines is 3. The molecule has 0 amide bonds. The molecular weight excluding hydrogens is 757 g/mol. The molecule has 0 bridgehead atoms. The summed E-state index contributed by atoms with van der Waals surface area (Å²) in [4.78, 5) is 8.98. The van der Waals surface area contributed by atoms with Crippen molar-refractivity contribution in [2.45, 2.75) is 39.5 Å². The van der Waals surface area contributed by atoms with E-state index in [-0.39, 0.29) is 20.1 Å². The molecule has 6 heteroatoms. The molecule has 0 spiro atoms. The van der Waals surface area contributed by atoms with Crippen LogP contribution in [0.1, 0.15) is 56.2 Å². The number of rotatable bonds is 5. The van der Waals surface area contributed by atoms with Gasteiger partial charge in [-0.05, 0) is 37.1 Å². The zero-order valence-corrected chi connectivity index (χ0v) is 29.8. The Bertz CT molecular complexity index is 2070. The molecule has 6 aromatic rings. The Morgan fingerprint density at radius 2 is 1.47 bits per heavy atom. The van der Waals surface area contributed by atoms with Crippen molar-refractivity contribution >= 4 is 56.7 Å². The molecule has 5 aromatic carbocycles. The average Bonchev–Trinajstić information content (AvgIpc) is 3.81. The van der Waals surface area contributed by atoms with E-state index in [0.717, 1.165) is 51.3 Å². The Labute approximate surface area is 291 Å². The third-order valence-corrected chi connectivity index (χ3v) is 8.64. The topological polar surface area (TPSA) is 35.0 Å². The van der Waals surface area contributed by atoms with Crippen LogP contribution >= 0.6 is 0 Å². The van der Waals surface area contributed by atoms with Gasteiger partial charge in [-0.15, -0.1) is 35.3 Å². The van der Waals surface area contributed by atoms with E-state index in [1.54, 1.807) is 0 Å². The number of benzene rings is 5. The molecule has 47 heavy (non-hydrogen) atoms. The van der Waals surface area contributed by atoms with Crippen LogP contribution in [0.25, 0.3) is 21.9 Å². The van der Waals surface area contributed by atoms with Gasteiger partial charge < -0.3 is 14.2 Å². The molecule has 5 nitrogen and oxygen atoms in total. The first kappa shape index (κ1) is 32.4. The van der Waals surface area contributed by atoms with Gasteiger partial charge in [0.05, 0.1) is 0 Å².